The Morgan fingerprint density at radius 1 is 1.10 bits per heavy atom. The Kier molecular flexibility index (Phi) is 5.33. The average molecular weight is 375 g/mol. The summed E-state index contributed by atoms with van der Waals surface area (Å²) in [5.74, 6) is 1.35. The Bertz CT molecular complexity index is 619. The molecule has 0 aromatic heterocycles. The van der Waals surface area contributed by atoms with Crippen LogP contribution in [0.1, 0.15) is 18.5 Å². The van der Waals surface area contributed by atoms with Crippen LogP contribution in [0, 0.1) is 0 Å². The Hall–Kier alpha value is -0.740. The van der Waals surface area contributed by atoms with Gasteiger partial charge >= 0.3 is 0 Å². The van der Waals surface area contributed by atoms with Crippen molar-refractivity contribution in [3.8, 4) is 11.5 Å². The van der Waals surface area contributed by atoms with Crippen LogP contribution < -0.4 is 10.1 Å². The summed E-state index contributed by atoms with van der Waals surface area (Å²) in [5, 5.41) is 4.28. The smallest absolute Gasteiger partial charge is 0.146 e. The van der Waals surface area contributed by atoms with Crippen molar-refractivity contribution in [2.75, 3.05) is 7.05 Å². The molecule has 0 radical (unpaired) electrons. The van der Waals surface area contributed by atoms with Gasteiger partial charge in [-0.2, -0.15) is 0 Å². The van der Waals surface area contributed by atoms with Gasteiger partial charge in [-0.3, -0.25) is 0 Å². The number of hydrogen-bond donors (Lipinski definition) is 1. The lowest BCUT2D eigenvalue weighted by Crippen LogP contribution is -2.13. The zero-order valence-corrected chi connectivity index (χ0v) is 14.2. The Morgan fingerprint density at radius 3 is 2.45 bits per heavy atom. The molecule has 2 rings (SSSR count). The minimum absolute atomic E-state index is 0.161. The van der Waals surface area contributed by atoms with Gasteiger partial charge < -0.3 is 10.1 Å². The molecule has 0 bridgehead atoms. The van der Waals surface area contributed by atoms with E-state index in [0.29, 0.717) is 15.8 Å². The molecule has 5 heteroatoms. The van der Waals surface area contributed by atoms with E-state index >= 15 is 0 Å². The van der Waals surface area contributed by atoms with Crippen LogP contribution in [0.25, 0.3) is 0 Å². The van der Waals surface area contributed by atoms with E-state index in [1.807, 2.05) is 25.2 Å². The molecule has 0 spiro atoms. The zero-order chi connectivity index (χ0) is 14.7. The second-order valence-electron chi connectivity index (χ2n) is 4.37. The molecule has 20 heavy (non-hydrogen) atoms. The molecule has 0 amide bonds. The van der Waals surface area contributed by atoms with Gasteiger partial charge in [-0.25, -0.2) is 0 Å². The molecular weight excluding hydrogens is 361 g/mol. The lowest BCUT2D eigenvalue weighted by molar-refractivity contribution is 0.466. The van der Waals surface area contributed by atoms with Crippen molar-refractivity contribution in [3.05, 3.63) is 56.5 Å². The van der Waals surface area contributed by atoms with Crippen LogP contribution in [0.2, 0.25) is 10.0 Å². The van der Waals surface area contributed by atoms with Crippen LogP contribution in [0.3, 0.4) is 0 Å². The number of halogens is 3. The first-order chi connectivity index (χ1) is 9.51. The van der Waals surface area contributed by atoms with E-state index in [0.717, 1.165) is 15.8 Å². The molecule has 1 unspecified atom stereocenters. The van der Waals surface area contributed by atoms with Gasteiger partial charge in [0.15, 0.2) is 0 Å². The van der Waals surface area contributed by atoms with Gasteiger partial charge in [0.25, 0.3) is 0 Å². The van der Waals surface area contributed by atoms with Gasteiger partial charge in [0.05, 0.1) is 5.02 Å². The first-order valence-corrected chi connectivity index (χ1v) is 7.65. The van der Waals surface area contributed by atoms with Crippen LogP contribution in [-0.4, -0.2) is 7.05 Å². The van der Waals surface area contributed by atoms with Crippen molar-refractivity contribution in [1.29, 1.82) is 0 Å². The highest BCUT2D eigenvalue weighted by Gasteiger charge is 2.13. The van der Waals surface area contributed by atoms with Crippen LogP contribution in [0.4, 0.5) is 0 Å². The van der Waals surface area contributed by atoms with E-state index in [2.05, 4.69) is 28.2 Å². The fourth-order valence-corrected chi connectivity index (χ4v) is 2.61. The van der Waals surface area contributed by atoms with E-state index in [1.54, 1.807) is 18.2 Å². The molecule has 0 saturated carbocycles. The van der Waals surface area contributed by atoms with Crippen molar-refractivity contribution in [1.82, 2.24) is 5.32 Å². The molecular formula is C15H14BrCl2NO. The van der Waals surface area contributed by atoms with Crippen molar-refractivity contribution in [3.63, 3.8) is 0 Å². The molecule has 2 aromatic rings. The number of ether oxygens (including phenoxy) is 1. The van der Waals surface area contributed by atoms with E-state index in [-0.39, 0.29) is 6.04 Å². The molecule has 1 atom stereocenters. The topological polar surface area (TPSA) is 21.3 Å². The van der Waals surface area contributed by atoms with E-state index < -0.39 is 0 Å². The largest absolute Gasteiger partial charge is 0.455 e. The maximum Gasteiger partial charge on any atom is 0.146 e. The lowest BCUT2D eigenvalue weighted by atomic mass is 10.1. The quantitative estimate of drug-likeness (QED) is 0.726. The van der Waals surface area contributed by atoms with E-state index in [9.17, 15) is 0 Å². The molecule has 106 valence electrons. The Balaban J connectivity index is 2.37. The summed E-state index contributed by atoms with van der Waals surface area (Å²) in [4.78, 5) is 0. The average Bonchev–Trinajstić information content (AvgIpc) is 2.42. The minimum atomic E-state index is 0.161. The molecule has 0 fully saturated rings. The SMILES string of the molecule is CNC(C)c1cc(Br)ccc1Oc1ccc(Cl)cc1Cl. The summed E-state index contributed by atoms with van der Waals surface area (Å²) in [5.41, 5.74) is 1.05. The highest BCUT2D eigenvalue weighted by atomic mass is 79.9. The molecule has 0 aliphatic heterocycles. The summed E-state index contributed by atoms with van der Waals surface area (Å²) in [6, 6.07) is 11.2. The second-order valence-corrected chi connectivity index (χ2v) is 6.13. The maximum atomic E-state index is 6.14. The van der Waals surface area contributed by atoms with E-state index in [4.69, 9.17) is 27.9 Å². The molecule has 0 saturated heterocycles. The number of hydrogen-bond acceptors (Lipinski definition) is 2. The van der Waals surface area contributed by atoms with E-state index in [1.165, 1.54) is 0 Å². The van der Waals surface area contributed by atoms with Gasteiger partial charge in [0.1, 0.15) is 11.5 Å². The lowest BCUT2D eigenvalue weighted by Gasteiger charge is -2.17. The zero-order valence-electron chi connectivity index (χ0n) is 11.1. The van der Waals surface area contributed by atoms with Crippen molar-refractivity contribution in [2.45, 2.75) is 13.0 Å². The number of nitrogens with one attached hydrogen (secondary N) is 1. The first kappa shape index (κ1) is 15.6. The highest BCUT2D eigenvalue weighted by Crippen LogP contribution is 2.36. The predicted molar refractivity (Wildman–Crippen MR) is 88.2 cm³/mol. The maximum absolute atomic E-state index is 6.14. The third-order valence-electron chi connectivity index (χ3n) is 2.99. The third-order valence-corrected chi connectivity index (χ3v) is 4.01. The van der Waals surface area contributed by atoms with Crippen molar-refractivity contribution in [2.24, 2.45) is 0 Å². The minimum Gasteiger partial charge on any atom is -0.455 e. The molecule has 2 aromatic carbocycles. The van der Waals surface area contributed by atoms with Gasteiger partial charge in [-0.1, -0.05) is 39.1 Å². The summed E-state index contributed by atoms with van der Waals surface area (Å²) >= 11 is 15.5. The predicted octanol–water partition coefficient (Wildman–Crippen LogP) is 5.83. The summed E-state index contributed by atoms with van der Waals surface area (Å²) in [7, 11) is 1.91. The van der Waals surface area contributed by atoms with Crippen LogP contribution in [0.15, 0.2) is 40.9 Å². The Labute approximate surface area is 137 Å². The van der Waals surface area contributed by atoms with Crippen LogP contribution in [0.5, 0.6) is 11.5 Å². The van der Waals surface area contributed by atoms with Gasteiger partial charge in [0.2, 0.25) is 0 Å². The van der Waals surface area contributed by atoms with Gasteiger partial charge in [-0.05, 0) is 50.4 Å². The standard InChI is InChI=1S/C15H14BrCl2NO/c1-9(19-2)12-7-10(16)3-5-14(12)20-15-6-4-11(17)8-13(15)18/h3-9,19H,1-2H3. The van der Waals surface area contributed by atoms with Crippen molar-refractivity contribution >= 4 is 39.1 Å². The summed E-state index contributed by atoms with van der Waals surface area (Å²) in [6.07, 6.45) is 0. The molecule has 0 aliphatic carbocycles. The Morgan fingerprint density at radius 2 is 1.80 bits per heavy atom. The normalized spacial score (nSPS) is 12.2. The van der Waals surface area contributed by atoms with Gasteiger partial charge in [0, 0.05) is 21.1 Å². The van der Waals surface area contributed by atoms with Gasteiger partial charge in [-0.15, -0.1) is 0 Å². The molecule has 0 aliphatic rings. The van der Waals surface area contributed by atoms with Crippen LogP contribution >= 0.6 is 39.1 Å². The molecule has 1 N–H and O–H groups in total. The molecule has 2 nitrogen and oxygen atoms in total. The fraction of sp³-hybridized carbons (Fsp3) is 0.200. The first-order valence-electron chi connectivity index (χ1n) is 6.11. The summed E-state index contributed by atoms with van der Waals surface area (Å²) < 4.78 is 6.93. The number of benzene rings is 2. The van der Waals surface area contributed by atoms with Crippen LogP contribution in [-0.2, 0) is 0 Å². The molecule has 0 heterocycles. The van der Waals surface area contributed by atoms with Crippen molar-refractivity contribution < 1.29 is 4.74 Å². The third kappa shape index (κ3) is 3.67. The monoisotopic (exact) mass is 373 g/mol. The summed E-state index contributed by atoms with van der Waals surface area (Å²) in [6.45, 7) is 2.07. The highest BCUT2D eigenvalue weighted by molar-refractivity contribution is 9.10. The number of rotatable bonds is 4. The fourth-order valence-electron chi connectivity index (χ4n) is 1.78. The second kappa shape index (κ2) is 6.81.